The van der Waals surface area contributed by atoms with Crippen LogP contribution in [0.1, 0.15) is 51.5 Å². The second-order valence-corrected chi connectivity index (χ2v) is 10.2. The third-order valence-corrected chi connectivity index (χ3v) is 7.65. The summed E-state index contributed by atoms with van der Waals surface area (Å²) in [5.41, 5.74) is 1.82. The molecule has 0 radical (unpaired) electrons. The summed E-state index contributed by atoms with van der Waals surface area (Å²) >= 11 is 11.9. The Kier molecular flexibility index (Phi) is 7.13. The predicted octanol–water partition coefficient (Wildman–Crippen LogP) is 6.11. The summed E-state index contributed by atoms with van der Waals surface area (Å²) in [5.74, 6) is -2.22. The molecule has 1 heterocycles. The molecular weight excluding hydrogens is 513 g/mol. The number of carbonyl (C=O) groups is 4. The zero-order valence-electron chi connectivity index (χ0n) is 19.7. The van der Waals surface area contributed by atoms with Gasteiger partial charge >= 0.3 is 5.97 Å². The molecule has 5 rings (SSSR count). The van der Waals surface area contributed by atoms with Gasteiger partial charge in [-0.25, -0.2) is 4.79 Å². The lowest BCUT2D eigenvalue weighted by Gasteiger charge is -2.28. The lowest BCUT2D eigenvalue weighted by Crippen LogP contribution is -2.31. The fraction of sp³-hybridized carbons (Fsp3) is 0.241. The summed E-state index contributed by atoms with van der Waals surface area (Å²) < 4.78 is 5.19. The largest absolute Gasteiger partial charge is 0.454 e. The van der Waals surface area contributed by atoms with Crippen LogP contribution in [0.3, 0.4) is 0 Å². The number of esters is 1. The highest BCUT2D eigenvalue weighted by molar-refractivity contribution is 6.36. The average Bonchev–Trinajstić information content (AvgIpc) is 3.16. The van der Waals surface area contributed by atoms with Crippen molar-refractivity contribution in [3.05, 3.63) is 99.5 Å². The number of ether oxygens (including phenoxy) is 1. The number of imide groups is 1. The van der Waals surface area contributed by atoms with E-state index in [4.69, 9.17) is 27.9 Å². The minimum Gasteiger partial charge on any atom is -0.454 e. The van der Waals surface area contributed by atoms with E-state index in [9.17, 15) is 19.2 Å². The van der Waals surface area contributed by atoms with Crippen LogP contribution >= 0.6 is 23.2 Å². The highest BCUT2D eigenvalue weighted by atomic mass is 35.5. The van der Waals surface area contributed by atoms with Crippen LogP contribution < -0.4 is 4.90 Å². The van der Waals surface area contributed by atoms with Crippen molar-refractivity contribution >= 4 is 52.5 Å². The molecule has 3 aromatic carbocycles. The van der Waals surface area contributed by atoms with Gasteiger partial charge in [0.15, 0.2) is 6.61 Å². The number of ketones is 1. The second kappa shape index (κ2) is 10.5. The molecule has 3 aromatic rings. The van der Waals surface area contributed by atoms with Gasteiger partial charge in [0.05, 0.1) is 28.1 Å². The molecule has 0 spiro atoms. The molecule has 1 aliphatic carbocycles. The van der Waals surface area contributed by atoms with Crippen molar-refractivity contribution in [3.8, 4) is 0 Å². The summed E-state index contributed by atoms with van der Waals surface area (Å²) in [7, 11) is 0. The van der Waals surface area contributed by atoms with Gasteiger partial charge in [0.1, 0.15) is 0 Å². The van der Waals surface area contributed by atoms with Gasteiger partial charge in [0.2, 0.25) is 17.6 Å². The Morgan fingerprint density at radius 3 is 2.38 bits per heavy atom. The Labute approximate surface area is 224 Å². The van der Waals surface area contributed by atoms with Gasteiger partial charge in [0, 0.05) is 10.6 Å². The Morgan fingerprint density at radius 2 is 1.62 bits per heavy atom. The van der Waals surface area contributed by atoms with Crippen molar-refractivity contribution in [1.82, 2.24) is 0 Å². The van der Waals surface area contributed by atoms with E-state index in [-0.39, 0.29) is 45.7 Å². The smallest absolute Gasteiger partial charge is 0.338 e. The van der Waals surface area contributed by atoms with Gasteiger partial charge in [-0.1, -0.05) is 59.6 Å². The first-order chi connectivity index (χ1) is 17.8. The van der Waals surface area contributed by atoms with Crippen LogP contribution in [0.15, 0.2) is 72.8 Å². The number of hydrogen-bond acceptors (Lipinski definition) is 5. The summed E-state index contributed by atoms with van der Waals surface area (Å²) in [6.07, 6.45) is 2.10. The van der Waals surface area contributed by atoms with Crippen LogP contribution in [0.25, 0.3) is 0 Å². The number of halogens is 2. The monoisotopic (exact) mass is 535 g/mol. The molecule has 3 atom stereocenters. The Bertz CT molecular complexity index is 1390. The number of fused-ring (bicyclic) bond motifs is 1. The highest BCUT2D eigenvalue weighted by Crippen LogP contribution is 2.45. The predicted molar refractivity (Wildman–Crippen MR) is 140 cm³/mol. The van der Waals surface area contributed by atoms with Gasteiger partial charge in [0.25, 0.3) is 0 Å². The highest BCUT2D eigenvalue weighted by Gasteiger charge is 2.50. The molecule has 8 heteroatoms. The average molecular weight is 536 g/mol. The van der Waals surface area contributed by atoms with Crippen molar-refractivity contribution in [2.24, 2.45) is 11.8 Å². The maximum Gasteiger partial charge on any atom is 0.338 e. The van der Waals surface area contributed by atoms with Crippen molar-refractivity contribution < 1.29 is 23.9 Å². The first-order valence-corrected chi connectivity index (χ1v) is 12.8. The Balaban J connectivity index is 1.28. The van der Waals surface area contributed by atoms with Gasteiger partial charge in [-0.3, -0.25) is 19.3 Å². The molecule has 0 bridgehead atoms. The fourth-order valence-corrected chi connectivity index (χ4v) is 5.76. The Morgan fingerprint density at radius 1 is 0.865 bits per heavy atom. The SMILES string of the molecule is O=C(OCC(=O)c1ccc(Cl)cc1Cl)c1cccc(N2C(=O)C3CCC(c4ccccc4)CC3C2=O)c1. The maximum absolute atomic E-state index is 13.4. The maximum atomic E-state index is 13.4. The van der Waals surface area contributed by atoms with Crippen LogP contribution in [-0.2, 0) is 14.3 Å². The molecular formula is C29H23Cl2NO5. The minimum absolute atomic E-state index is 0.130. The van der Waals surface area contributed by atoms with E-state index in [1.807, 2.05) is 18.2 Å². The van der Waals surface area contributed by atoms with E-state index in [1.165, 1.54) is 40.8 Å². The molecule has 6 nitrogen and oxygen atoms in total. The lowest BCUT2D eigenvalue weighted by atomic mass is 9.73. The lowest BCUT2D eigenvalue weighted by molar-refractivity contribution is -0.122. The number of rotatable bonds is 6. The van der Waals surface area contributed by atoms with Crippen LogP contribution in [0.4, 0.5) is 5.69 Å². The second-order valence-electron chi connectivity index (χ2n) is 9.32. The molecule has 1 aliphatic heterocycles. The van der Waals surface area contributed by atoms with E-state index < -0.39 is 18.4 Å². The first kappa shape index (κ1) is 25.2. The zero-order valence-corrected chi connectivity index (χ0v) is 21.2. The minimum atomic E-state index is -0.749. The number of nitrogens with zero attached hydrogens (tertiary/aromatic N) is 1. The van der Waals surface area contributed by atoms with Crippen LogP contribution in [0.5, 0.6) is 0 Å². The summed E-state index contributed by atoms with van der Waals surface area (Å²) in [6.45, 7) is -0.517. The van der Waals surface area contributed by atoms with Crippen molar-refractivity contribution in [1.29, 1.82) is 0 Å². The molecule has 2 aliphatic rings. The van der Waals surface area contributed by atoms with E-state index >= 15 is 0 Å². The normalized spacial score (nSPS) is 21.0. The number of Topliss-reactive ketones (excluding diaryl/α,β-unsaturated/α-hetero) is 1. The molecule has 188 valence electrons. The summed E-state index contributed by atoms with van der Waals surface area (Å²) in [4.78, 5) is 52.9. The first-order valence-electron chi connectivity index (χ1n) is 12.0. The number of anilines is 1. The number of hydrogen-bond donors (Lipinski definition) is 0. The molecule has 2 fully saturated rings. The molecule has 2 amide bonds. The van der Waals surface area contributed by atoms with Crippen molar-refractivity contribution in [3.63, 3.8) is 0 Å². The van der Waals surface area contributed by atoms with Crippen molar-refractivity contribution in [2.75, 3.05) is 11.5 Å². The number of benzene rings is 3. The van der Waals surface area contributed by atoms with Gasteiger partial charge in [-0.2, -0.15) is 0 Å². The fourth-order valence-electron chi connectivity index (χ4n) is 5.24. The summed E-state index contributed by atoms with van der Waals surface area (Å²) in [6, 6.07) is 20.6. The molecule has 0 aromatic heterocycles. The molecule has 0 N–H and O–H groups in total. The third kappa shape index (κ3) is 5.04. The van der Waals surface area contributed by atoms with E-state index in [0.29, 0.717) is 23.6 Å². The number of carbonyl (C=O) groups excluding carboxylic acids is 4. The quantitative estimate of drug-likeness (QED) is 0.216. The molecule has 37 heavy (non-hydrogen) atoms. The van der Waals surface area contributed by atoms with Gasteiger partial charge in [-0.05, 0) is 67.1 Å². The van der Waals surface area contributed by atoms with Gasteiger partial charge in [-0.15, -0.1) is 0 Å². The molecule has 1 saturated carbocycles. The topological polar surface area (TPSA) is 80.8 Å². The van der Waals surface area contributed by atoms with Crippen LogP contribution in [0, 0.1) is 11.8 Å². The zero-order chi connectivity index (χ0) is 26.1. The molecule has 1 saturated heterocycles. The van der Waals surface area contributed by atoms with Gasteiger partial charge < -0.3 is 4.74 Å². The van der Waals surface area contributed by atoms with Crippen LogP contribution in [0.2, 0.25) is 10.0 Å². The third-order valence-electron chi connectivity index (χ3n) is 7.10. The van der Waals surface area contributed by atoms with E-state index in [1.54, 1.807) is 12.1 Å². The van der Waals surface area contributed by atoms with Crippen molar-refractivity contribution in [2.45, 2.75) is 25.2 Å². The van der Waals surface area contributed by atoms with E-state index in [2.05, 4.69) is 12.1 Å². The van der Waals surface area contributed by atoms with E-state index in [0.717, 1.165) is 6.42 Å². The molecule has 3 unspecified atom stereocenters. The standard InChI is InChI=1S/C29H23Cl2NO5/c30-20-10-12-23(25(31)15-20)26(33)16-37-29(36)19-7-4-8-21(13-19)32-27(34)22-11-9-18(14-24(22)28(32)35)17-5-2-1-3-6-17/h1-8,10,12-13,15,18,22,24H,9,11,14,16H2. The summed E-state index contributed by atoms with van der Waals surface area (Å²) in [5, 5.41) is 0.550. The number of amides is 2. The van der Waals surface area contributed by atoms with Crippen LogP contribution in [-0.4, -0.2) is 30.2 Å². The Hall–Kier alpha value is -3.48.